The summed E-state index contributed by atoms with van der Waals surface area (Å²) in [5.41, 5.74) is 3.95. The van der Waals surface area contributed by atoms with E-state index < -0.39 is 17.5 Å². The topological polar surface area (TPSA) is 22.1 Å². The first kappa shape index (κ1) is 23.9. The van der Waals surface area contributed by atoms with E-state index in [-0.39, 0.29) is 24.2 Å². The van der Waals surface area contributed by atoms with E-state index in [1.165, 1.54) is 0 Å². The largest absolute Gasteiger partial charge is 0.384 e. The lowest BCUT2D eigenvalue weighted by atomic mass is 9.97. The Balaban J connectivity index is 1.42. The van der Waals surface area contributed by atoms with Gasteiger partial charge in [0.2, 0.25) is 0 Å². The first-order valence-corrected chi connectivity index (χ1v) is 11.2. The highest BCUT2D eigenvalue weighted by atomic mass is 19.2. The molecular weight excluding hydrogens is 442 g/mol. The fourth-order valence-electron chi connectivity index (χ4n) is 4.01. The van der Waals surface area contributed by atoms with Crippen LogP contribution < -0.4 is 0 Å². The summed E-state index contributed by atoms with van der Waals surface area (Å²) >= 11 is 0. The van der Waals surface area contributed by atoms with Crippen LogP contribution in [0.1, 0.15) is 27.9 Å². The standard InChI is InChI=1S/C28H25F4NO/c1-34-13-12-19-4-10-23(33-17-19)9-3-18-5-11-24-22(14-18)8-7-21(27(24)31)6-2-20-15-25(29)28(32)26(30)16-20/h4-5,7-8,10-11,14-17H,2-3,6,9,12-13H2,1H3. The smallest absolute Gasteiger partial charge is 0.194 e. The number of nitrogens with zero attached hydrogens (tertiary/aromatic N) is 1. The van der Waals surface area contributed by atoms with Crippen molar-refractivity contribution in [3.8, 4) is 0 Å². The van der Waals surface area contributed by atoms with Crippen LogP contribution in [0, 0.1) is 23.3 Å². The Morgan fingerprint density at radius 3 is 2.12 bits per heavy atom. The van der Waals surface area contributed by atoms with Crippen LogP contribution >= 0.6 is 0 Å². The van der Waals surface area contributed by atoms with E-state index in [9.17, 15) is 13.2 Å². The normalized spacial score (nSPS) is 11.3. The summed E-state index contributed by atoms with van der Waals surface area (Å²) in [7, 11) is 1.68. The molecule has 0 bridgehead atoms. The van der Waals surface area contributed by atoms with Crippen molar-refractivity contribution in [2.75, 3.05) is 13.7 Å². The molecule has 34 heavy (non-hydrogen) atoms. The van der Waals surface area contributed by atoms with Gasteiger partial charge >= 0.3 is 0 Å². The van der Waals surface area contributed by atoms with E-state index in [4.69, 9.17) is 4.74 Å². The number of aromatic nitrogens is 1. The van der Waals surface area contributed by atoms with Crippen LogP contribution in [0.2, 0.25) is 0 Å². The molecule has 0 atom stereocenters. The average molecular weight is 468 g/mol. The van der Waals surface area contributed by atoms with E-state index in [2.05, 4.69) is 11.1 Å². The van der Waals surface area contributed by atoms with Gasteiger partial charge in [-0.2, -0.15) is 0 Å². The molecule has 0 radical (unpaired) electrons. The number of fused-ring (bicyclic) bond motifs is 1. The molecule has 0 spiro atoms. The molecule has 0 aliphatic carbocycles. The van der Waals surface area contributed by atoms with Gasteiger partial charge in [0.15, 0.2) is 17.5 Å². The number of ether oxygens (including phenoxy) is 1. The van der Waals surface area contributed by atoms with Crippen LogP contribution in [0.5, 0.6) is 0 Å². The summed E-state index contributed by atoms with van der Waals surface area (Å²) in [6, 6.07) is 15.2. The lowest BCUT2D eigenvalue weighted by Gasteiger charge is -2.09. The Labute approximate surface area is 196 Å². The highest BCUT2D eigenvalue weighted by molar-refractivity contribution is 5.84. The number of halogens is 4. The Morgan fingerprint density at radius 1 is 0.676 bits per heavy atom. The minimum absolute atomic E-state index is 0.200. The van der Waals surface area contributed by atoms with E-state index in [1.807, 2.05) is 30.5 Å². The van der Waals surface area contributed by atoms with E-state index in [0.29, 0.717) is 17.6 Å². The lowest BCUT2D eigenvalue weighted by molar-refractivity contribution is 0.202. The van der Waals surface area contributed by atoms with Crippen molar-refractivity contribution in [3.63, 3.8) is 0 Å². The van der Waals surface area contributed by atoms with E-state index >= 15 is 4.39 Å². The maximum atomic E-state index is 15.1. The highest BCUT2D eigenvalue weighted by Crippen LogP contribution is 2.25. The molecule has 6 heteroatoms. The maximum Gasteiger partial charge on any atom is 0.194 e. The zero-order chi connectivity index (χ0) is 24.1. The van der Waals surface area contributed by atoms with Gasteiger partial charge in [0.1, 0.15) is 5.82 Å². The second kappa shape index (κ2) is 10.8. The minimum Gasteiger partial charge on any atom is -0.384 e. The molecule has 4 aromatic rings. The van der Waals surface area contributed by atoms with Gasteiger partial charge in [-0.05, 0) is 77.9 Å². The van der Waals surface area contributed by atoms with Crippen LogP contribution in [-0.2, 0) is 36.8 Å². The van der Waals surface area contributed by atoms with Crippen LogP contribution in [0.3, 0.4) is 0 Å². The summed E-state index contributed by atoms with van der Waals surface area (Å²) in [5, 5.41) is 1.29. The molecule has 0 aliphatic heterocycles. The van der Waals surface area contributed by atoms with E-state index in [0.717, 1.165) is 53.6 Å². The van der Waals surface area contributed by atoms with Gasteiger partial charge in [-0.15, -0.1) is 0 Å². The third kappa shape index (κ3) is 5.62. The summed E-state index contributed by atoms with van der Waals surface area (Å²) in [6.07, 6.45) is 4.72. The predicted octanol–water partition coefficient (Wildman–Crippen LogP) is 6.55. The van der Waals surface area contributed by atoms with Gasteiger partial charge < -0.3 is 4.74 Å². The maximum absolute atomic E-state index is 15.1. The third-order valence-electron chi connectivity index (χ3n) is 5.98. The molecule has 0 amide bonds. The fourth-order valence-corrected chi connectivity index (χ4v) is 4.01. The first-order chi connectivity index (χ1) is 16.4. The Hall–Kier alpha value is -3.25. The number of pyridine rings is 1. The van der Waals surface area contributed by atoms with E-state index in [1.54, 1.807) is 19.2 Å². The SMILES string of the molecule is COCCc1ccc(CCc2ccc3c(F)c(CCc4cc(F)c(F)c(F)c4)ccc3c2)nc1. The van der Waals surface area contributed by atoms with Crippen molar-refractivity contribution in [3.05, 3.63) is 112 Å². The lowest BCUT2D eigenvalue weighted by Crippen LogP contribution is -2.00. The molecule has 2 nitrogen and oxygen atoms in total. The molecule has 4 rings (SSSR count). The number of benzene rings is 3. The van der Waals surface area contributed by atoms with Gasteiger partial charge in [0.25, 0.3) is 0 Å². The molecule has 0 unspecified atom stereocenters. The zero-order valence-electron chi connectivity index (χ0n) is 18.9. The molecule has 0 N–H and O–H groups in total. The molecule has 0 saturated heterocycles. The van der Waals surface area contributed by atoms with Crippen molar-refractivity contribution >= 4 is 10.8 Å². The number of aryl methyl sites for hydroxylation is 4. The van der Waals surface area contributed by atoms with Crippen LogP contribution in [0.25, 0.3) is 10.8 Å². The molecule has 0 saturated carbocycles. The van der Waals surface area contributed by atoms with Gasteiger partial charge in [-0.1, -0.05) is 36.4 Å². The summed E-state index contributed by atoms with van der Waals surface area (Å²) in [6.45, 7) is 0.666. The fraction of sp³-hybridized carbons (Fsp3) is 0.250. The van der Waals surface area contributed by atoms with Gasteiger partial charge in [0.05, 0.1) is 6.61 Å². The van der Waals surface area contributed by atoms with Crippen molar-refractivity contribution in [2.45, 2.75) is 32.1 Å². The Kier molecular flexibility index (Phi) is 7.58. The number of hydrogen-bond donors (Lipinski definition) is 0. The van der Waals surface area contributed by atoms with Crippen LogP contribution in [0.4, 0.5) is 17.6 Å². The van der Waals surface area contributed by atoms with Gasteiger partial charge in [-0.3, -0.25) is 4.98 Å². The molecule has 1 heterocycles. The number of rotatable bonds is 9. The molecule has 1 aromatic heterocycles. The first-order valence-electron chi connectivity index (χ1n) is 11.2. The summed E-state index contributed by atoms with van der Waals surface area (Å²) < 4.78 is 60.2. The monoisotopic (exact) mass is 467 g/mol. The molecule has 0 aliphatic rings. The Bertz CT molecular complexity index is 1260. The van der Waals surface area contributed by atoms with Crippen molar-refractivity contribution < 1.29 is 22.3 Å². The summed E-state index contributed by atoms with van der Waals surface area (Å²) in [4.78, 5) is 4.51. The van der Waals surface area contributed by atoms with Gasteiger partial charge in [0, 0.05) is 24.4 Å². The van der Waals surface area contributed by atoms with Gasteiger partial charge in [-0.25, -0.2) is 17.6 Å². The number of methoxy groups -OCH3 is 1. The van der Waals surface area contributed by atoms with Crippen molar-refractivity contribution in [1.29, 1.82) is 0 Å². The Morgan fingerprint density at radius 2 is 1.41 bits per heavy atom. The number of hydrogen-bond acceptors (Lipinski definition) is 2. The predicted molar refractivity (Wildman–Crippen MR) is 125 cm³/mol. The molecular formula is C28H25F4NO. The average Bonchev–Trinajstić information content (AvgIpc) is 2.85. The summed E-state index contributed by atoms with van der Waals surface area (Å²) in [5.74, 6) is -4.32. The van der Waals surface area contributed by atoms with Crippen LogP contribution in [0.15, 0.2) is 60.8 Å². The molecule has 3 aromatic carbocycles. The second-order valence-electron chi connectivity index (χ2n) is 8.37. The van der Waals surface area contributed by atoms with Crippen molar-refractivity contribution in [1.82, 2.24) is 4.98 Å². The second-order valence-corrected chi connectivity index (χ2v) is 8.37. The van der Waals surface area contributed by atoms with Crippen LogP contribution in [-0.4, -0.2) is 18.7 Å². The minimum atomic E-state index is -1.49. The molecule has 176 valence electrons. The molecule has 0 fully saturated rings. The quantitative estimate of drug-likeness (QED) is 0.206. The van der Waals surface area contributed by atoms with Crippen molar-refractivity contribution in [2.24, 2.45) is 0 Å². The third-order valence-corrected chi connectivity index (χ3v) is 5.98. The highest BCUT2D eigenvalue weighted by Gasteiger charge is 2.13. The zero-order valence-corrected chi connectivity index (χ0v) is 18.9.